The van der Waals surface area contributed by atoms with Crippen molar-refractivity contribution in [2.24, 2.45) is 0 Å². The Kier molecular flexibility index (Phi) is 6.28. The minimum Gasteiger partial charge on any atom is -0.481 e. The number of carbonyl (C=O) groups is 1. The molecule has 0 bridgehead atoms. The van der Waals surface area contributed by atoms with E-state index in [0.717, 1.165) is 16.0 Å². The summed E-state index contributed by atoms with van der Waals surface area (Å²) in [5, 5.41) is 2.68. The lowest BCUT2D eigenvalue weighted by molar-refractivity contribution is -0.120. The van der Waals surface area contributed by atoms with E-state index in [4.69, 9.17) is 4.74 Å². The Labute approximate surface area is 157 Å². The van der Waals surface area contributed by atoms with Crippen molar-refractivity contribution in [1.29, 1.82) is 0 Å². The van der Waals surface area contributed by atoms with Gasteiger partial charge in [-0.15, -0.1) is 11.8 Å². The molecule has 0 saturated heterocycles. The van der Waals surface area contributed by atoms with Crippen molar-refractivity contribution in [2.75, 3.05) is 7.11 Å². The fourth-order valence-corrected chi connectivity index (χ4v) is 3.62. The quantitative estimate of drug-likeness (QED) is 0.637. The molecule has 1 aromatic heterocycles. The standard InChI is InChI=1S/C21H20N2O2S/c1-25-21-17(11-8-14-22-21)15-23-20(24)19(16-9-4-2-5-10-16)26-18-12-6-3-7-13-18/h2-14,19H,15H2,1H3,(H,23,24). The molecule has 1 unspecified atom stereocenters. The Bertz CT molecular complexity index is 841. The number of benzene rings is 2. The molecule has 1 heterocycles. The van der Waals surface area contributed by atoms with Crippen LogP contribution in [0.1, 0.15) is 16.4 Å². The van der Waals surface area contributed by atoms with Gasteiger partial charge in [-0.05, 0) is 23.8 Å². The molecule has 5 heteroatoms. The summed E-state index contributed by atoms with van der Waals surface area (Å²) in [4.78, 5) is 18.1. The number of hydrogen-bond acceptors (Lipinski definition) is 4. The highest BCUT2D eigenvalue weighted by atomic mass is 32.2. The molecule has 1 atom stereocenters. The second-order valence-corrected chi connectivity index (χ2v) is 6.79. The number of methoxy groups -OCH3 is 1. The molecule has 4 nitrogen and oxygen atoms in total. The molecule has 3 rings (SSSR count). The molecule has 0 fully saturated rings. The van der Waals surface area contributed by atoms with Gasteiger partial charge in [0.2, 0.25) is 11.8 Å². The lowest BCUT2D eigenvalue weighted by Crippen LogP contribution is -2.27. The van der Waals surface area contributed by atoms with Crippen molar-refractivity contribution < 1.29 is 9.53 Å². The Morgan fingerprint density at radius 2 is 1.73 bits per heavy atom. The summed E-state index contributed by atoms with van der Waals surface area (Å²) >= 11 is 1.54. The second kappa shape index (κ2) is 9.06. The van der Waals surface area contributed by atoms with Crippen LogP contribution in [-0.2, 0) is 11.3 Å². The van der Waals surface area contributed by atoms with Crippen molar-refractivity contribution >= 4 is 17.7 Å². The van der Waals surface area contributed by atoms with Crippen LogP contribution >= 0.6 is 11.8 Å². The van der Waals surface area contributed by atoms with Crippen molar-refractivity contribution in [1.82, 2.24) is 10.3 Å². The lowest BCUT2D eigenvalue weighted by Gasteiger charge is -2.17. The molecule has 0 aliphatic heterocycles. The lowest BCUT2D eigenvalue weighted by atomic mass is 10.1. The number of rotatable bonds is 7. The van der Waals surface area contributed by atoms with Gasteiger partial charge in [-0.3, -0.25) is 4.79 Å². The van der Waals surface area contributed by atoms with Gasteiger partial charge in [0.15, 0.2) is 0 Å². The maximum atomic E-state index is 12.9. The zero-order valence-electron chi connectivity index (χ0n) is 14.5. The molecule has 0 aliphatic rings. The molecule has 0 aliphatic carbocycles. The molecule has 3 aromatic rings. The number of hydrogen-bond donors (Lipinski definition) is 1. The number of aromatic nitrogens is 1. The Hall–Kier alpha value is -2.79. The van der Waals surface area contributed by atoms with Crippen LogP contribution in [0.15, 0.2) is 83.9 Å². The van der Waals surface area contributed by atoms with E-state index >= 15 is 0 Å². The van der Waals surface area contributed by atoms with Crippen molar-refractivity contribution in [3.8, 4) is 5.88 Å². The highest BCUT2D eigenvalue weighted by Crippen LogP contribution is 2.35. The predicted octanol–water partition coefficient (Wildman–Crippen LogP) is 4.24. The molecular weight excluding hydrogens is 344 g/mol. The molecule has 1 N–H and O–H groups in total. The topological polar surface area (TPSA) is 51.2 Å². The fraction of sp³-hybridized carbons (Fsp3) is 0.143. The van der Waals surface area contributed by atoms with Crippen LogP contribution in [-0.4, -0.2) is 18.0 Å². The van der Waals surface area contributed by atoms with Crippen LogP contribution in [0.4, 0.5) is 0 Å². The van der Waals surface area contributed by atoms with Gasteiger partial charge in [0.25, 0.3) is 0 Å². The van der Waals surface area contributed by atoms with Crippen LogP contribution in [0.25, 0.3) is 0 Å². The molecule has 0 spiro atoms. The van der Waals surface area contributed by atoms with Crippen LogP contribution < -0.4 is 10.1 Å². The van der Waals surface area contributed by atoms with Gasteiger partial charge < -0.3 is 10.1 Å². The SMILES string of the molecule is COc1ncccc1CNC(=O)C(Sc1ccccc1)c1ccccc1. The number of nitrogens with zero attached hydrogens (tertiary/aromatic N) is 1. The molecule has 0 radical (unpaired) electrons. The van der Waals surface area contributed by atoms with Crippen molar-refractivity contribution in [3.63, 3.8) is 0 Å². The monoisotopic (exact) mass is 364 g/mol. The summed E-state index contributed by atoms with van der Waals surface area (Å²) in [5.41, 5.74) is 1.82. The van der Waals surface area contributed by atoms with E-state index in [-0.39, 0.29) is 11.2 Å². The van der Waals surface area contributed by atoms with E-state index in [1.165, 1.54) is 11.8 Å². The summed E-state index contributed by atoms with van der Waals surface area (Å²) in [7, 11) is 1.58. The highest BCUT2D eigenvalue weighted by molar-refractivity contribution is 8.00. The normalized spacial score (nSPS) is 11.6. The summed E-state index contributed by atoms with van der Waals surface area (Å²) in [6, 6.07) is 23.5. The number of carbonyl (C=O) groups excluding carboxylic acids is 1. The van der Waals surface area contributed by atoms with Gasteiger partial charge in [-0.2, -0.15) is 0 Å². The predicted molar refractivity (Wildman–Crippen MR) is 104 cm³/mol. The van der Waals surface area contributed by atoms with Crippen LogP contribution in [0.2, 0.25) is 0 Å². The van der Waals surface area contributed by atoms with Crippen molar-refractivity contribution in [3.05, 3.63) is 90.1 Å². The first kappa shape index (κ1) is 18.0. The van der Waals surface area contributed by atoms with E-state index in [9.17, 15) is 4.79 Å². The van der Waals surface area contributed by atoms with Gasteiger partial charge in [0.1, 0.15) is 5.25 Å². The molecule has 0 saturated carbocycles. The van der Waals surface area contributed by atoms with Gasteiger partial charge in [-0.1, -0.05) is 54.6 Å². The van der Waals surface area contributed by atoms with Gasteiger partial charge in [0, 0.05) is 23.2 Å². The molecule has 132 valence electrons. The van der Waals surface area contributed by atoms with Gasteiger partial charge in [-0.25, -0.2) is 4.98 Å². The van der Waals surface area contributed by atoms with E-state index in [0.29, 0.717) is 12.4 Å². The van der Waals surface area contributed by atoms with Crippen molar-refractivity contribution in [2.45, 2.75) is 16.7 Å². The van der Waals surface area contributed by atoms with E-state index in [2.05, 4.69) is 10.3 Å². The minimum absolute atomic E-state index is 0.0454. The molecule has 1 amide bonds. The number of pyridine rings is 1. The minimum atomic E-state index is -0.332. The van der Waals surface area contributed by atoms with Crippen LogP contribution in [0.3, 0.4) is 0 Å². The van der Waals surface area contributed by atoms with Gasteiger partial charge in [0.05, 0.1) is 7.11 Å². The fourth-order valence-electron chi connectivity index (χ4n) is 2.55. The number of thioether (sulfide) groups is 1. The summed E-state index contributed by atoms with van der Waals surface area (Å²) in [6.45, 7) is 0.370. The number of amides is 1. The van der Waals surface area contributed by atoms with Crippen LogP contribution in [0.5, 0.6) is 5.88 Å². The highest BCUT2D eigenvalue weighted by Gasteiger charge is 2.22. The average Bonchev–Trinajstić information content (AvgIpc) is 2.72. The second-order valence-electron chi connectivity index (χ2n) is 5.61. The zero-order chi connectivity index (χ0) is 18.2. The Morgan fingerprint density at radius 1 is 1.04 bits per heavy atom. The summed E-state index contributed by atoms with van der Waals surface area (Å²) in [6.07, 6.45) is 1.67. The van der Waals surface area contributed by atoms with Gasteiger partial charge >= 0.3 is 0 Å². The average molecular weight is 364 g/mol. The first-order valence-electron chi connectivity index (χ1n) is 8.30. The van der Waals surface area contributed by atoms with Crippen LogP contribution in [0, 0.1) is 0 Å². The third-order valence-corrected chi connectivity index (χ3v) is 5.10. The maximum absolute atomic E-state index is 12.9. The van der Waals surface area contributed by atoms with E-state index < -0.39 is 0 Å². The first-order valence-corrected chi connectivity index (χ1v) is 9.18. The Balaban J connectivity index is 1.76. The maximum Gasteiger partial charge on any atom is 0.238 e. The molecule has 2 aromatic carbocycles. The first-order chi connectivity index (χ1) is 12.8. The third kappa shape index (κ3) is 4.64. The van der Waals surface area contributed by atoms with E-state index in [1.807, 2.05) is 72.8 Å². The van der Waals surface area contributed by atoms with E-state index in [1.54, 1.807) is 13.3 Å². The summed E-state index contributed by atoms with van der Waals surface area (Å²) < 4.78 is 5.25. The number of ether oxygens (including phenoxy) is 1. The molecule has 26 heavy (non-hydrogen) atoms. The largest absolute Gasteiger partial charge is 0.481 e. The molecular formula is C21H20N2O2S. The smallest absolute Gasteiger partial charge is 0.238 e. The Morgan fingerprint density at radius 3 is 2.42 bits per heavy atom. The summed E-state index contributed by atoms with van der Waals surface area (Å²) in [5.74, 6) is 0.482. The third-order valence-electron chi connectivity index (χ3n) is 3.83. The number of nitrogens with one attached hydrogen (secondary N) is 1. The zero-order valence-corrected chi connectivity index (χ0v) is 15.3.